The summed E-state index contributed by atoms with van der Waals surface area (Å²) in [5.41, 5.74) is 1.34. The van der Waals surface area contributed by atoms with Gasteiger partial charge in [-0.1, -0.05) is 28.1 Å². The molecule has 0 aliphatic carbocycles. The number of nitrogens with one attached hydrogen (secondary N) is 1. The SMILES string of the molecule is CC(NCCN(C(C)C)C(C)C)c1ccc(Br)cc1. The van der Waals surface area contributed by atoms with Crippen molar-refractivity contribution in [3.63, 3.8) is 0 Å². The van der Waals surface area contributed by atoms with Gasteiger partial charge < -0.3 is 5.32 Å². The summed E-state index contributed by atoms with van der Waals surface area (Å²) < 4.78 is 1.13. The Bertz CT molecular complexity index is 352. The van der Waals surface area contributed by atoms with E-state index in [4.69, 9.17) is 0 Å². The highest BCUT2D eigenvalue weighted by Crippen LogP contribution is 2.16. The van der Waals surface area contributed by atoms with E-state index in [1.165, 1.54) is 5.56 Å². The van der Waals surface area contributed by atoms with E-state index in [0.29, 0.717) is 18.1 Å². The van der Waals surface area contributed by atoms with Gasteiger partial charge in [0.05, 0.1) is 0 Å². The summed E-state index contributed by atoms with van der Waals surface area (Å²) in [6.07, 6.45) is 0. The smallest absolute Gasteiger partial charge is 0.0292 e. The number of rotatable bonds is 7. The molecule has 0 fully saturated rings. The van der Waals surface area contributed by atoms with E-state index in [2.05, 4.69) is 85.0 Å². The molecule has 0 saturated carbocycles. The predicted octanol–water partition coefficient (Wildman–Crippen LogP) is 4.22. The molecule has 0 saturated heterocycles. The Morgan fingerprint density at radius 1 is 1.00 bits per heavy atom. The lowest BCUT2D eigenvalue weighted by atomic mass is 10.1. The second-order valence-corrected chi connectivity index (χ2v) is 6.57. The Morgan fingerprint density at radius 3 is 2.00 bits per heavy atom. The molecular formula is C16H27BrN2. The fraction of sp³-hybridized carbons (Fsp3) is 0.625. The van der Waals surface area contributed by atoms with Crippen LogP contribution in [0.4, 0.5) is 0 Å². The lowest BCUT2D eigenvalue weighted by molar-refractivity contribution is 0.174. The van der Waals surface area contributed by atoms with Gasteiger partial charge in [0, 0.05) is 35.7 Å². The van der Waals surface area contributed by atoms with E-state index in [0.717, 1.165) is 17.6 Å². The van der Waals surface area contributed by atoms with Gasteiger partial charge in [-0.2, -0.15) is 0 Å². The van der Waals surface area contributed by atoms with Crippen LogP contribution in [0.2, 0.25) is 0 Å². The highest BCUT2D eigenvalue weighted by Gasteiger charge is 2.13. The van der Waals surface area contributed by atoms with Crippen molar-refractivity contribution in [2.24, 2.45) is 0 Å². The molecule has 1 atom stereocenters. The van der Waals surface area contributed by atoms with Gasteiger partial charge in [-0.3, -0.25) is 4.90 Å². The average Bonchev–Trinajstić information content (AvgIpc) is 2.34. The third kappa shape index (κ3) is 5.64. The number of benzene rings is 1. The summed E-state index contributed by atoms with van der Waals surface area (Å²) in [7, 11) is 0. The zero-order valence-electron chi connectivity index (χ0n) is 12.8. The Balaban J connectivity index is 2.42. The van der Waals surface area contributed by atoms with Gasteiger partial charge in [0.25, 0.3) is 0 Å². The van der Waals surface area contributed by atoms with Crippen molar-refractivity contribution >= 4 is 15.9 Å². The number of hydrogen-bond donors (Lipinski definition) is 1. The molecule has 0 aliphatic heterocycles. The summed E-state index contributed by atoms with van der Waals surface area (Å²) in [5, 5.41) is 3.60. The van der Waals surface area contributed by atoms with Crippen LogP contribution >= 0.6 is 15.9 Å². The number of nitrogens with zero attached hydrogens (tertiary/aromatic N) is 1. The molecular weight excluding hydrogens is 300 g/mol. The van der Waals surface area contributed by atoms with Crippen LogP contribution in [0.15, 0.2) is 28.7 Å². The third-order valence-corrected chi connectivity index (χ3v) is 4.05. The highest BCUT2D eigenvalue weighted by atomic mass is 79.9. The number of hydrogen-bond acceptors (Lipinski definition) is 2. The molecule has 1 aromatic carbocycles. The summed E-state index contributed by atoms with van der Waals surface area (Å²) in [6.45, 7) is 13.4. The zero-order valence-corrected chi connectivity index (χ0v) is 14.4. The lowest BCUT2D eigenvalue weighted by Crippen LogP contribution is -2.41. The van der Waals surface area contributed by atoms with Gasteiger partial charge in [0.15, 0.2) is 0 Å². The summed E-state index contributed by atoms with van der Waals surface area (Å²) in [4.78, 5) is 2.52. The van der Waals surface area contributed by atoms with Crippen LogP contribution in [0, 0.1) is 0 Å². The van der Waals surface area contributed by atoms with Gasteiger partial charge in [0.1, 0.15) is 0 Å². The average molecular weight is 327 g/mol. The molecule has 0 amide bonds. The van der Waals surface area contributed by atoms with Gasteiger partial charge in [0.2, 0.25) is 0 Å². The van der Waals surface area contributed by atoms with E-state index in [9.17, 15) is 0 Å². The molecule has 0 spiro atoms. The second kappa shape index (κ2) is 8.03. The standard InChI is InChI=1S/C16H27BrN2/c1-12(2)19(13(3)4)11-10-18-14(5)15-6-8-16(17)9-7-15/h6-9,12-14,18H,10-11H2,1-5H3. The molecule has 0 heterocycles. The van der Waals surface area contributed by atoms with Crippen LogP contribution < -0.4 is 5.32 Å². The molecule has 1 aromatic rings. The van der Waals surface area contributed by atoms with Crippen molar-refractivity contribution < 1.29 is 0 Å². The first-order valence-corrected chi connectivity index (χ1v) is 7.95. The minimum Gasteiger partial charge on any atom is -0.309 e. The Morgan fingerprint density at radius 2 is 1.53 bits per heavy atom. The maximum absolute atomic E-state index is 3.60. The van der Waals surface area contributed by atoms with E-state index >= 15 is 0 Å². The van der Waals surface area contributed by atoms with Crippen LogP contribution in [0.1, 0.15) is 46.2 Å². The molecule has 1 N–H and O–H groups in total. The maximum atomic E-state index is 3.60. The Kier molecular flexibility index (Phi) is 7.05. The predicted molar refractivity (Wildman–Crippen MR) is 87.5 cm³/mol. The monoisotopic (exact) mass is 326 g/mol. The topological polar surface area (TPSA) is 15.3 Å². The minimum absolute atomic E-state index is 0.397. The normalized spacial score (nSPS) is 13.5. The fourth-order valence-electron chi connectivity index (χ4n) is 2.39. The van der Waals surface area contributed by atoms with E-state index in [1.807, 2.05) is 0 Å². The van der Waals surface area contributed by atoms with Gasteiger partial charge in [-0.25, -0.2) is 0 Å². The first-order chi connectivity index (χ1) is 8.91. The third-order valence-electron chi connectivity index (χ3n) is 3.52. The van der Waals surface area contributed by atoms with Crippen molar-refractivity contribution in [3.05, 3.63) is 34.3 Å². The van der Waals surface area contributed by atoms with Crippen LogP contribution in [-0.2, 0) is 0 Å². The fourth-order valence-corrected chi connectivity index (χ4v) is 2.66. The molecule has 0 aromatic heterocycles. The maximum Gasteiger partial charge on any atom is 0.0292 e. The van der Waals surface area contributed by atoms with Crippen LogP contribution in [0.25, 0.3) is 0 Å². The Hall–Kier alpha value is -0.380. The van der Waals surface area contributed by atoms with E-state index in [1.54, 1.807) is 0 Å². The summed E-state index contributed by atoms with van der Waals surface area (Å²) in [6, 6.07) is 10.1. The lowest BCUT2D eigenvalue weighted by Gasteiger charge is -2.31. The molecule has 108 valence electrons. The van der Waals surface area contributed by atoms with Crippen LogP contribution in [0.5, 0.6) is 0 Å². The van der Waals surface area contributed by atoms with Crippen molar-refractivity contribution in [1.82, 2.24) is 10.2 Å². The first kappa shape index (κ1) is 16.7. The van der Waals surface area contributed by atoms with Crippen molar-refractivity contribution in [2.75, 3.05) is 13.1 Å². The van der Waals surface area contributed by atoms with Crippen molar-refractivity contribution in [1.29, 1.82) is 0 Å². The number of halogens is 1. The summed E-state index contributed by atoms with van der Waals surface area (Å²) >= 11 is 3.47. The minimum atomic E-state index is 0.397. The summed E-state index contributed by atoms with van der Waals surface area (Å²) in [5.74, 6) is 0. The largest absolute Gasteiger partial charge is 0.309 e. The van der Waals surface area contributed by atoms with Gasteiger partial charge in [-0.15, -0.1) is 0 Å². The van der Waals surface area contributed by atoms with E-state index in [-0.39, 0.29) is 0 Å². The Labute approximate surface area is 126 Å². The molecule has 1 unspecified atom stereocenters. The van der Waals surface area contributed by atoms with Crippen LogP contribution in [-0.4, -0.2) is 30.1 Å². The highest BCUT2D eigenvalue weighted by molar-refractivity contribution is 9.10. The second-order valence-electron chi connectivity index (χ2n) is 5.65. The molecule has 3 heteroatoms. The molecule has 2 nitrogen and oxygen atoms in total. The van der Waals surface area contributed by atoms with Crippen molar-refractivity contribution in [2.45, 2.75) is 52.7 Å². The zero-order chi connectivity index (χ0) is 14.4. The van der Waals surface area contributed by atoms with Crippen LogP contribution in [0.3, 0.4) is 0 Å². The van der Waals surface area contributed by atoms with Gasteiger partial charge >= 0.3 is 0 Å². The molecule has 0 radical (unpaired) electrons. The molecule has 19 heavy (non-hydrogen) atoms. The van der Waals surface area contributed by atoms with Gasteiger partial charge in [-0.05, 0) is 52.3 Å². The molecule has 0 bridgehead atoms. The first-order valence-electron chi connectivity index (χ1n) is 7.16. The van der Waals surface area contributed by atoms with Crippen molar-refractivity contribution in [3.8, 4) is 0 Å². The molecule has 1 rings (SSSR count). The molecule has 0 aliphatic rings. The quantitative estimate of drug-likeness (QED) is 0.807. The van der Waals surface area contributed by atoms with E-state index < -0.39 is 0 Å².